The maximum Gasteiger partial charge on any atom is 0.329 e. The molecule has 116 valence electrons. The Hall–Kier alpha value is -1.85. The third-order valence-electron chi connectivity index (χ3n) is 3.74. The fourth-order valence-electron chi connectivity index (χ4n) is 2.86. The predicted molar refractivity (Wildman–Crippen MR) is 79.4 cm³/mol. The fourth-order valence-corrected chi connectivity index (χ4v) is 2.86. The smallest absolute Gasteiger partial charge is 0.329 e. The summed E-state index contributed by atoms with van der Waals surface area (Å²) in [5.74, 6) is 0.403. The van der Waals surface area contributed by atoms with Crippen LogP contribution in [0.1, 0.15) is 46.5 Å². The van der Waals surface area contributed by atoms with Gasteiger partial charge in [0, 0.05) is 0 Å². The first-order valence-corrected chi connectivity index (χ1v) is 7.41. The molecule has 0 aromatic carbocycles. The Bertz CT molecular complexity index is 507. The summed E-state index contributed by atoms with van der Waals surface area (Å²) in [7, 11) is 0. The summed E-state index contributed by atoms with van der Waals surface area (Å²) in [6.07, 6.45) is 6.23. The lowest BCUT2D eigenvalue weighted by molar-refractivity contribution is -0.144. The summed E-state index contributed by atoms with van der Waals surface area (Å²) in [6.45, 7) is 5.90. The molecule has 0 radical (unpaired) electrons. The van der Waals surface area contributed by atoms with Crippen molar-refractivity contribution in [3.05, 3.63) is 12.4 Å². The van der Waals surface area contributed by atoms with Crippen LogP contribution in [-0.4, -0.2) is 32.7 Å². The molecule has 0 saturated heterocycles. The van der Waals surface area contributed by atoms with Gasteiger partial charge in [-0.1, -0.05) is 19.8 Å². The Balaban J connectivity index is 2.19. The lowest BCUT2D eigenvalue weighted by Crippen LogP contribution is -2.49. The van der Waals surface area contributed by atoms with Crippen LogP contribution in [0, 0.1) is 5.92 Å². The van der Waals surface area contributed by atoms with Gasteiger partial charge in [-0.15, -0.1) is 0 Å². The van der Waals surface area contributed by atoms with Gasteiger partial charge in [0.2, 0.25) is 5.88 Å². The Morgan fingerprint density at radius 1 is 1.52 bits per heavy atom. The second-order valence-electron chi connectivity index (χ2n) is 6.12. The number of rotatable bonds is 5. The van der Waals surface area contributed by atoms with Gasteiger partial charge in [0.1, 0.15) is 11.4 Å². The fraction of sp³-hybridized carbons (Fsp3) is 0.667. The zero-order valence-corrected chi connectivity index (χ0v) is 12.8. The van der Waals surface area contributed by atoms with E-state index in [1.165, 1.54) is 12.4 Å². The quantitative estimate of drug-likeness (QED) is 0.868. The number of carboxylic acid groups (broad SMARTS) is 1. The van der Waals surface area contributed by atoms with Crippen LogP contribution < -0.4 is 10.1 Å². The molecule has 6 heteroatoms. The van der Waals surface area contributed by atoms with Gasteiger partial charge in [-0.05, 0) is 32.6 Å². The van der Waals surface area contributed by atoms with Crippen LogP contribution >= 0.6 is 0 Å². The molecule has 0 aliphatic heterocycles. The van der Waals surface area contributed by atoms with E-state index >= 15 is 0 Å². The van der Waals surface area contributed by atoms with Crippen molar-refractivity contribution < 1.29 is 14.6 Å². The minimum atomic E-state index is -0.956. The van der Waals surface area contributed by atoms with E-state index in [0.717, 1.165) is 12.8 Å². The molecule has 2 N–H and O–H groups in total. The van der Waals surface area contributed by atoms with Crippen LogP contribution in [0.4, 0.5) is 5.82 Å². The molecule has 1 aromatic heterocycles. The minimum Gasteiger partial charge on any atom is -0.480 e. The maximum atomic E-state index is 11.7. The molecule has 1 fully saturated rings. The number of carbonyl (C=O) groups is 1. The minimum absolute atomic E-state index is 0.00214. The first kappa shape index (κ1) is 15.5. The molecule has 1 heterocycles. The third kappa shape index (κ3) is 3.83. The molecule has 2 atom stereocenters. The second-order valence-corrected chi connectivity index (χ2v) is 6.12. The third-order valence-corrected chi connectivity index (χ3v) is 3.74. The molecule has 1 aromatic rings. The molecule has 1 saturated carbocycles. The zero-order chi connectivity index (χ0) is 15.5. The summed E-state index contributed by atoms with van der Waals surface area (Å²) in [4.78, 5) is 20.1. The molecule has 2 unspecified atom stereocenters. The van der Waals surface area contributed by atoms with Gasteiger partial charge in [0.25, 0.3) is 0 Å². The van der Waals surface area contributed by atoms with E-state index < -0.39 is 11.5 Å². The molecular weight excluding hydrogens is 270 g/mol. The maximum absolute atomic E-state index is 11.7. The van der Waals surface area contributed by atoms with Gasteiger partial charge < -0.3 is 15.2 Å². The Morgan fingerprint density at radius 2 is 2.29 bits per heavy atom. The molecule has 6 nitrogen and oxygen atoms in total. The number of hydrogen-bond donors (Lipinski definition) is 2. The average Bonchev–Trinajstić information content (AvgIpc) is 2.38. The van der Waals surface area contributed by atoms with Crippen LogP contribution in [0.5, 0.6) is 5.88 Å². The van der Waals surface area contributed by atoms with E-state index in [2.05, 4.69) is 22.2 Å². The van der Waals surface area contributed by atoms with Crippen LogP contribution in [-0.2, 0) is 4.79 Å². The molecule has 21 heavy (non-hydrogen) atoms. The second kappa shape index (κ2) is 6.28. The van der Waals surface area contributed by atoms with Crippen LogP contribution in [0.3, 0.4) is 0 Å². The largest absolute Gasteiger partial charge is 0.480 e. The van der Waals surface area contributed by atoms with E-state index in [9.17, 15) is 9.90 Å². The summed E-state index contributed by atoms with van der Waals surface area (Å²) in [6, 6.07) is 0. The number of hydrogen-bond acceptors (Lipinski definition) is 5. The number of carboxylic acids is 1. The monoisotopic (exact) mass is 293 g/mol. The van der Waals surface area contributed by atoms with Crippen molar-refractivity contribution in [2.75, 3.05) is 5.32 Å². The first-order valence-electron chi connectivity index (χ1n) is 7.41. The Labute approximate surface area is 124 Å². The molecule has 1 aliphatic rings. The van der Waals surface area contributed by atoms with Gasteiger partial charge in [0.05, 0.1) is 18.5 Å². The number of anilines is 1. The topological polar surface area (TPSA) is 84.3 Å². The normalized spacial score (nSPS) is 25.6. The number of ether oxygens (including phenoxy) is 1. The molecule has 1 aliphatic carbocycles. The first-order chi connectivity index (χ1) is 9.91. The molecule has 0 spiro atoms. The van der Waals surface area contributed by atoms with Gasteiger partial charge >= 0.3 is 5.97 Å². The van der Waals surface area contributed by atoms with E-state index in [-0.39, 0.29) is 6.10 Å². The van der Waals surface area contributed by atoms with Crippen molar-refractivity contribution in [1.82, 2.24) is 9.97 Å². The SMILES string of the molecule is CC1CCCC(Nc2cncc(OC(C)C)n2)(C(=O)O)C1. The number of nitrogens with one attached hydrogen (secondary N) is 1. The summed E-state index contributed by atoms with van der Waals surface area (Å²) >= 11 is 0. The highest BCUT2D eigenvalue weighted by Gasteiger charge is 2.42. The van der Waals surface area contributed by atoms with E-state index in [1.807, 2.05) is 13.8 Å². The van der Waals surface area contributed by atoms with Crippen molar-refractivity contribution >= 4 is 11.8 Å². The van der Waals surface area contributed by atoms with Crippen LogP contribution in [0.25, 0.3) is 0 Å². The van der Waals surface area contributed by atoms with Crippen molar-refractivity contribution in [3.8, 4) is 5.88 Å². The Morgan fingerprint density at radius 3 is 2.90 bits per heavy atom. The van der Waals surface area contributed by atoms with Gasteiger partial charge in [-0.25, -0.2) is 4.79 Å². The van der Waals surface area contributed by atoms with Crippen molar-refractivity contribution in [3.63, 3.8) is 0 Å². The average molecular weight is 293 g/mol. The highest BCUT2D eigenvalue weighted by Crippen LogP contribution is 2.35. The molecule has 0 bridgehead atoms. The van der Waals surface area contributed by atoms with Gasteiger partial charge in [-0.3, -0.25) is 4.98 Å². The molecule has 0 amide bonds. The van der Waals surface area contributed by atoms with Gasteiger partial charge in [-0.2, -0.15) is 4.98 Å². The molecule has 2 rings (SSSR count). The summed E-state index contributed by atoms with van der Waals surface area (Å²) < 4.78 is 5.50. The summed E-state index contributed by atoms with van der Waals surface area (Å²) in [5.41, 5.74) is -0.956. The van der Waals surface area contributed by atoms with Crippen LogP contribution in [0.2, 0.25) is 0 Å². The number of nitrogens with zero attached hydrogens (tertiary/aromatic N) is 2. The lowest BCUT2D eigenvalue weighted by Gasteiger charge is -2.37. The van der Waals surface area contributed by atoms with Gasteiger partial charge in [0.15, 0.2) is 0 Å². The van der Waals surface area contributed by atoms with E-state index in [4.69, 9.17) is 4.74 Å². The Kier molecular flexibility index (Phi) is 4.65. The highest BCUT2D eigenvalue weighted by molar-refractivity contribution is 5.82. The summed E-state index contributed by atoms with van der Waals surface area (Å²) in [5, 5.41) is 12.7. The lowest BCUT2D eigenvalue weighted by atomic mass is 9.76. The number of aromatic nitrogens is 2. The van der Waals surface area contributed by atoms with E-state index in [0.29, 0.717) is 30.5 Å². The number of aliphatic carboxylic acids is 1. The zero-order valence-electron chi connectivity index (χ0n) is 12.8. The predicted octanol–water partition coefficient (Wildman–Crippen LogP) is 2.71. The van der Waals surface area contributed by atoms with Crippen LogP contribution in [0.15, 0.2) is 12.4 Å². The van der Waals surface area contributed by atoms with Crippen molar-refractivity contribution in [2.45, 2.75) is 58.1 Å². The standard InChI is InChI=1S/C15H23N3O3/c1-10(2)21-13-9-16-8-12(17-13)18-15(14(19)20)6-4-5-11(3)7-15/h8-11H,4-7H2,1-3H3,(H,17,18)(H,19,20). The molecular formula is C15H23N3O3. The van der Waals surface area contributed by atoms with E-state index in [1.54, 1.807) is 0 Å². The highest BCUT2D eigenvalue weighted by atomic mass is 16.5. The van der Waals surface area contributed by atoms with Crippen molar-refractivity contribution in [1.29, 1.82) is 0 Å². The van der Waals surface area contributed by atoms with Crippen molar-refractivity contribution in [2.24, 2.45) is 5.92 Å².